The largest absolute Gasteiger partial charge is 0.383 e. The maximum absolute atomic E-state index is 12.9. The number of nitro benzene ring substituents is 1. The number of carbonyl (C=O) groups excluding carboxylic acids is 1. The molecule has 1 aromatic heterocycles. The maximum Gasteiger partial charge on any atom is 0.332 e. The monoisotopic (exact) mass is 423 g/mol. The van der Waals surface area contributed by atoms with Gasteiger partial charge in [-0.15, -0.1) is 0 Å². The number of carbonyl (C=O) groups is 1. The van der Waals surface area contributed by atoms with Gasteiger partial charge >= 0.3 is 5.69 Å². The van der Waals surface area contributed by atoms with Crippen molar-refractivity contribution in [2.24, 2.45) is 14.1 Å². The molecule has 0 spiro atoms. The Hall–Kier alpha value is -4.21. The molecule has 0 saturated carbocycles. The number of benzene rings is 2. The van der Waals surface area contributed by atoms with Crippen molar-refractivity contribution in [2.45, 2.75) is 0 Å². The zero-order valence-electron chi connectivity index (χ0n) is 17.0. The molecule has 10 heteroatoms. The van der Waals surface area contributed by atoms with Gasteiger partial charge in [0.05, 0.1) is 10.5 Å². The van der Waals surface area contributed by atoms with Gasteiger partial charge in [0.15, 0.2) is 5.78 Å². The van der Waals surface area contributed by atoms with E-state index in [1.54, 1.807) is 37.4 Å². The topological polar surface area (TPSA) is 128 Å². The van der Waals surface area contributed by atoms with Crippen LogP contribution in [0.3, 0.4) is 0 Å². The number of anilines is 2. The summed E-state index contributed by atoms with van der Waals surface area (Å²) in [6.07, 6.45) is 0. The van der Waals surface area contributed by atoms with Gasteiger partial charge in [-0.1, -0.05) is 30.3 Å². The first-order valence-electron chi connectivity index (χ1n) is 9.42. The van der Waals surface area contributed by atoms with E-state index in [2.05, 4.69) is 10.6 Å². The van der Waals surface area contributed by atoms with Crippen molar-refractivity contribution in [1.82, 2.24) is 9.13 Å². The Morgan fingerprint density at radius 2 is 1.65 bits per heavy atom. The quantitative estimate of drug-likeness (QED) is 0.244. The summed E-state index contributed by atoms with van der Waals surface area (Å²) < 4.78 is 2.32. The molecular weight excluding hydrogens is 402 g/mol. The molecule has 3 aromatic rings. The summed E-state index contributed by atoms with van der Waals surface area (Å²) in [6.45, 7) is 0.659. The standard InChI is InChI=1S/C21H21N5O5/c1-24-18(13-19(27)25(2)21(24)29)23-11-10-22-17-9-8-15(26(30)31)12-16(17)20(28)14-6-4-3-5-7-14/h3-9,12-13,22-23H,10-11H2,1-2H3. The van der Waals surface area contributed by atoms with E-state index in [9.17, 15) is 24.5 Å². The maximum atomic E-state index is 12.9. The molecular formula is C21H21N5O5. The first kappa shape index (κ1) is 21.5. The van der Waals surface area contributed by atoms with Crippen LogP contribution < -0.4 is 21.9 Å². The molecule has 10 nitrogen and oxygen atoms in total. The van der Waals surface area contributed by atoms with Gasteiger partial charge in [0.2, 0.25) is 0 Å². The van der Waals surface area contributed by atoms with Crippen LogP contribution in [0.4, 0.5) is 17.2 Å². The normalized spacial score (nSPS) is 10.5. The predicted molar refractivity (Wildman–Crippen MR) is 117 cm³/mol. The summed E-state index contributed by atoms with van der Waals surface area (Å²) in [5.74, 6) is 0.0212. The van der Waals surface area contributed by atoms with Crippen LogP contribution in [0.2, 0.25) is 0 Å². The van der Waals surface area contributed by atoms with E-state index in [-0.39, 0.29) is 17.0 Å². The van der Waals surface area contributed by atoms with Gasteiger partial charge < -0.3 is 10.6 Å². The third-order valence-corrected chi connectivity index (χ3v) is 4.77. The molecule has 0 aliphatic carbocycles. The minimum absolute atomic E-state index is 0.182. The number of ketones is 1. The van der Waals surface area contributed by atoms with E-state index in [1.165, 1.54) is 35.9 Å². The molecule has 0 amide bonds. The van der Waals surface area contributed by atoms with E-state index in [1.807, 2.05) is 0 Å². The van der Waals surface area contributed by atoms with Gasteiger partial charge in [0.25, 0.3) is 11.2 Å². The Bertz CT molecular complexity index is 1250. The number of non-ortho nitro benzene ring substituents is 1. The molecule has 160 valence electrons. The van der Waals surface area contributed by atoms with E-state index < -0.39 is 16.2 Å². The first-order chi connectivity index (χ1) is 14.8. The fourth-order valence-electron chi connectivity index (χ4n) is 3.02. The lowest BCUT2D eigenvalue weighted by atomic mass is 10.0. The molecule has 0 saturated heterocycles. The molecule has 0 fully saturated rings. The molecule has 0 unspecified atom stereocenters. The number of hydrogen-bond donors (Lipinski definition) is 2. The number of nitrogens with zero attached hydrogens (tertiary/aromatic N) is 3. The van der Waals surface area contributed by atoms with Crippen LogP contribution in [-0.2, 0) is 14.1 Å². The number of nitro groups is 1. The molecule has 0 atom stereocenters. The predicted octanol–water partition coefficient (Wildman–Crippen LogP) is 1.75. The number of hydrogen-bond acceptors (Lipinski definition) is 7. The molecule has 1 heterocycles. The summed E-state index contributed by atoms with van der Waals surface area (Å²) in [4.78, 5) is 47.3. The van der Waals surface area contributed by atoms with Gasteiger partial charge in [-0.3, -0.25) is 28.8 Å². The third-order valence-electron chi connectivity index (χ3n) is 4.77. The van der Waals surface area contributed by atoms with Crippen LogP contribution in [0.25, 0.3) is 0 Å². The molecule has 31 heavy (non-hydrogen) atoms. The Morgan fingerprint density at radius 1 is 0.968 bits per heavy atom. The highest BCUT2D eigenvalue weighted by Crippen LogP contribution is 2.24. The van der Waals surface area contributed by atoms with E-state index in [0.717, 1.165) is 4.57 Å². The molecule has 0 aliphatic heterocycles. The van der Waals surface area contributed by atoms with Crippen LogP contribution >= 0.6 is 0 Å². The summed E-state index contributed by atoms with van der Waals surface area (Å²) in [5.41, 5.74) is -0.0170. The average Bonchev–Trinajstić information content (AvgIpc) is 2.78. The smallest absolute Gasteiger partial charge is 0.332 e. The Balaban J connectivity index is 1.77. The molecule has 0 aliphatic rings. The lowest BCUT2D eigenvalue weighted by Gasteiger charge is -2.14. The molecule has 2 aromatic carbocycles. The first-order valence-corrected chi connectivity index (χ1v) is 9.42. The minimum atomic E-state index is -0.552. The summed E-state index contributed by atoms with van der Waals surface area (Å²) in [5, 5.41) is 17.2. The van der Waals surface area contributed by atoms with Crippen molar-refractivity contribution in [2.75, 3.05) is 23.7 Å². The molecule has 0 radical (unpaired) electrons. The highest BCUT2D eigenvalue weighted by atomic mass is 16.6. The second kappa shape index (κ2) is 9.08. The van der Waals surface area contributed by atoms with Crippen molar-refractivity contribution in [3.8, 4) is 0 Å². The Labute approximate surface area is 176 Å². The SMILES string of the molecule is Cn1c(NCCNc2ccc([N+](=O)[O-])cc2C(=O)c2ccccc2)cc(=O)n(C)c1=O. The third kappa shape index (κ3) is 4.69. The van der Waals surface area contributed by atoms with E-state index in [4.69, 9.17) is 0 Å². The Morgan fingerprint density at radius 3 is 2.32 bits per heavy atom. The van der Waals surface area contributed by atoms with Crippen LogP contribution in [-0.4, -0.2) is 32.9 Å². The fourth-order valence-corrected chi connectivity index (χ4v) is 3.02. The summed E-state index contributed by atoms with van der Waals surface area (Å²) in [6, 6.07) is 13.9. The zero-order valence-corrected chi connectivity index (χ0v) is 17.0. The second-order valence-electron chi connectivity index (χ2n) is 6.80. The zero-order chi connectivity index (χ0) is 22.5. The van der Waals surface area contributed by atoms with Crippen LogP contribution in [0.1, 0.15) is 15.9 Å². The number of aromatic nitrogens is 2. The van der Waals surface area contributed by atoms with Crippen molar-refractivity contribution < 1.29 is 9.72 Å². The van der Waals surface area contributed by atoms with Gasteiger partial charge in [-0.05, 0) is 6.07 Å². The minimum Gasteiger partial charge on any atom is -0.383 e. The van der Waals surface area contributed by atoms with Crippen molar-refractivity contribution >= 4 is 23.0 Å². The number of nitrogens with one attached hydrogen (secondary N) is 2. The van der Waals surface area contributed by atoms with Crippen LogP contribution in [0, 0.1) is 10.1 Å². The van der Waals surface area contributed by atoms with Gasteiger partial charge in [0.1, 0.15) is 5.82 Å². The van der Waals surface area contributed by atoms with Gasteiger partial charge in [-0.2, -0.15) is 0 Å². The average molecular weight is 423 g/mol. The van der Waals surface area contributed by atoms with E-state index in [0.29, 0.717) is 30.2 Å². The van der Waals surface area contributed by atoms with Gasteiger partial charge in [-0.25, -0.2) is 4.79 Å². The second-order valence-corrected chi connectivity index (χ2v) is 6.80. The lowest BCUT2D eigenvalue weighted by Crippen LogP contribution is -2.37. The van der Waals surface area contributed by atoms with Crippen molar-refractivity contribution in [3.63, 3.8) is 0 Å². The van der Waals surface area contributed by atoms with Crippen molar-refractivity contribution in [3.05, 3.63) is 96.7 Å². The summed E-state index contributed by atoms with van der Waals surface area (Å²) in [7, 11) is 2.94. The summed E-state index contributed by atoms with van der Waals surface area (Å²) >= 11 is 0. The lowest BCUT2D eigenvalue weighted by molar-refractivity contribution is -0.384. The van der Waals surface area contributed by atoms with Crippen molar-refractivity contribution in [1.29, 1.82) is 0 Å². The molecule has 2 N–H and O–H groups in total. The van der Waals surface area contributed by atoms with Crippen LogP contribution in [0.15, 0.2) is 64.2 Å². The molecule has 0 bridgehead atoms. The highest BCUT2D eigenvalue weighted by Gasteiger charge is 2.18. The van der Waals surface area contributed by atoms with E-state index >= 15 is 0 Å². The molecule has 3 rings (SSSR count). The highest BCUT2D eigenvalue weighted by molar-refractivity contribution is 6.12. The Kier molecular flexibility index (Phi) is 6.29. The van der Waals surface area contributed by atoms with Crippen LogP contribution in [0.5, 0.6) is 0 Å². The number of rotatable bonds is 8. The fraction of sp³-hybridized carbons (Fsp3) is 0.190. The van der Waals surface area contributed by atoms with Gasteiger partial charge in [0, 0.05) is 56.6 Å².